The van der Waals surface area contributed by atoms with E-state index in [9.17, 15) is 0 Å². The number of thiazole rings is 1. The number of hydrogen-bond acceptors (Lipinski definition) is 5. The molecule has 0 atom stereocenters. The first kappa shape index (κ1) is 13.6. The van der Waals surface area contributed by atoms with E-state index in [0.717, 1.165) is 10.6 Å². The second-order valence-electron chi connectivity index (χ2n) is 4.46. The van der Waals surface area contributed by atoms with Gasteiger partial charge in [0.25, 0.3) is 0 Å². The number of ether oxygens (including phenoxy) is 1. The van der Waals surface area contributed by atoms with Gasteiger partial charge in [-0.1, -0.05) is 53.8 Å². The van der Waals surface area contributed by atoms with Crippen molar-refractivity contribution in [3.63, 3.8) is 0 Å². The molecule has 3 N–H and O–H groups in total. The molecule has 106 valence electrons. The maximum Gasteiger partial charge on any atom is 0.197 e. The van der Waals surface area contributed by atoms with E-state index in [0.29, 0.717) is 11.7 Å². The normalized spacial score (nSPS) is 10.3. The largest absolute Gasteiger partial charge is 0.488 e. The monoisotopic (exact) mass is 297 g/mol. The summed E-state index contributed by atoms with van der Waals surface area (Å²) in [5, 5.41) is 0.688. The van der Waals surface area contributed by atoms with Crippen molar-refractivity contribution in [2.24, 2.45) is 5.84 Å². The Bertz CT molecular complexity index is 695. The molecule has 0 amide bonds. The van der Waals surface area contributed by atoms with Crippen LogP contribution in [0.2, 0.25) is 0 Å². The SMILES string of the molecule is NNc1ncc(COc2ccc(-c3ccccc3)cc2)s1. The maximum absolute atomic E-state index is 5.74. The van der Waals surface area contributed by atoms with Crippen LogP contribution in [0.25, 0.3) is 11.1 Å². The number of rotatable bonds is 5. The van der Waals surface area contributed by atoms with Crippen LogP contribution in [-0.2, 0) is 6.61 Å². The molecular formula is C16H15N3OS. The highest BCUT2D eigenvalue weighted by Crippen LogP contribution is 2.23. The van der Waals surface area contributed by atoms with Crippen molar-refractivity contribution < 1.29 is 4.74 Å². The Morgan fingerprint density at radius 2 is 1.71 bits per heavy atom. The van der Waals surface area contributed by atoms with Crippen molar-refractivity contribution in [2.45, 2.75) is 6.61 Å². The van der Waals surface area contributed by atoms with E-state index in [1.165, 1.54) is 22.5 Å². The van der Waals surface area contributed by atoms with Gasteiger partial charge in [0, 0.05) is 6.20 Å². The van der Waals surface area contributed by atoms with Crippen molar-refractivity contribution in [3.05, 3.63) is 65.7 Å². The Labute approximate surface area is 127 Å². The summed E-state index contributed by atoms with van der Waals surface area (Å²) in [7, 11) is 0. The van der Waals surface area contributed by atoms with Gasteiger partial charge in [0.1, 0.15) is 12.4 Å². The van der Waals surface area contributed by atoms with Crippen molar-refractivity contribution >= 4 is 16.5 Å². The van der Waals surface area contributed by atoms with Crippen LogP contribution in [-0.4, -0.2) is 4.98 Å². The first-order chi connectivity index (χ1) is 10.3. The molecule has 0 saturated carbocycles. The molecule has 2 aromatic carbocycles. The number of benzene rings is 2. The maximum atomic E-state index is 5.74. The van der Waals surface area contributed by atoms with Crippen LogP contribution in [0.1, 0.15) is 4.88 Å². The summed E-state index contributed by atoms with van der Waals surface area (Å²) in [5.74, 6) is 6.14. The number of hydrogen-bond donors (Lipinski definition) is 2. The highest BCUT2D eigenvalue weighted by atomic mass is 32.1. The third kappa shape index (κ3) is 3.39. The average molecular weight is 297 g/mol. The Morgan fingerprint density at radius 1 is 1.00 bits per heavy atom. The van der Waals surface area contributed by atoms with Gasteiger partial charge in [0.05, 0.1) is 4.88 Å². The van der Waals surface area contributed by atoms with E-state index >= 15 is 0 Å². The molecule has 0 saturated heterocycles. The minimum atomic E-state index is 0.490. The summed E-state index contributed by atoms with van der Waals surface area (Å²) in [6.07, 6.45) is 1.76. The zero-order chi connectivity index (χ0) is 14.5. The quantitative estimate of drug-likeness (QED) is 0.557. The zero-order valence-electron chi connectivity index (χ0n) is 11.3. The van der Waals surface area contributed by atoms with Crippen molar-refractivity contribution in [1.29, 1.82) is 0 Å². The summed E-state index contributed by atoms with van der Waals surface area (Å²) in [6.45, 7) is 0.490. The van der Waals surface area contributed by atoms with Gasteiger partial charge in [0.15, 0.2) is 5.13 Å². The smallest absolute Gasteiger partial charge is 0.197 e. The molecule has 0 radical (unpaired) electrons. The molecule has 3 aromatic rings. The molecule has 1 aromatic heterocycles. The average Bonchev–Trinajstić information content (AvgIpc) is 3.02. The molecule has 0 spiro atoms. The molecule has 4 nitrogen and oxygen atoms in total. The van der Waals surface area contributed by atoms with Crippen molar-refractivity contribution in [2.75, 3.05) is 5.43 Å². The van der Waals surface area contributed by atoms with Gasteiger partial charge >= 0.3 is 0 Å². The van der Waals surface area contributed by atoms with E-state index in [1.54, 1.807) is 6.20 Å². The molecule has 0 aliphatic carbocycles. The topological polar surface area (TPSA) is 60.2 Å². The molecular weight excluding hydrogens is 282 g/mol. The lowest BCUT2D eigenvalue weighted by Crippen LogP contribution is -2.05. The van der Waals surface area contributed by atoms with E-state index in [-0.39, 0.29) is 0 Å². The van der Waals surface area contributed by atoms with Crippen LogP contribution in [0, 0.1) is 0 Å². The predicted molar refractivity (Wildman–Crippen MR) is 86.1 cm³/mol. The predicted octanol–water partition coefficient (Wildman–Crippen LogP) is 3.67. The fraction of sp³-hybridized carbons (Fsp3) is 0.0625. The molecule has 0 fully saturated rings. The van der Waals surface area contributed by atoms with E-state index in [1.807, 2.05) is 30.3 Å². The van der Waals surface area contributed by atoms with Crippen LogP contribution in [0.15, 0.2) is 60.8 Å². The molecule has 0 unspecified atom stereocenters. The Hall–Kier alpha value is -2.37. The third-order valence-electron chi connectivity index (χ3n) is 3.02. The molecule has 0 bridgehead atoms. The Kier molecular flexibility index (Phi) is 4.14. The summed E-state index contributed by atoms with van der Waals surface area (Å²) in [6, 6.07) is 18.3. The molecule has 0 aliphatic rings. The minimum Gasteiger partial charge on any atom is -0.488 e. The van der Waals surface area contributed by atoms with Crippen molar-refractivity contribution in [1.82, 2.24) is 4.98 Å². The van der Waals surface area contributed by atoms with Crippen LogP contribution in [0.5, 0.6) is 5.75 Å². The number of aromatic nitrogens is 1. The number of hydrazine groups is 1. The second kappa shape index (κ2) is 6.39. The van der Waals surface area contributed by atoms with Crippen LogP contribution < -0.4 is 16.0 Å². The van der Waals surface area contributed by atoms with Gasteiger partial charge in [0.2, 0.25) is 0 Å². The Balaban J connectivity index is 1.64. The van der Waals surface area contributed by atoms with Crippen LogP contribution >= 0.6 is 11.3 Å². The summed E-state index contributed by atoms with van der Waals surface area (Å²) in [4.78, 5) is 5.13. The Morgan fingerprint density at radius 3 is 2.38 bits per heavy atom. The zero-order valence-corrected chi connectivity index (χ0v) is 12.1. The molecule has 0 aliphatic heterocycles. The van der Waals surface area contributed by atoms with Gasteiger partial charge in [-0.2, -0.15) is 0 Å². The third-order valence-corrected chi connectivity index (χ3v) is 3.92. The first-order valence-electron chi connectivity index (χ1n) is 6.55. The van der Waals surface area contributed by atoms with E-state index in [2.05, 4.69) is 34.7 Å². The van der Waals surface area contributed by atoms with Gasteiger partial charge in [-0.25, -0.2) is 10.8 Å². The minimum absolute atomic E-state index is 0.490. The number of nitrogen functional groups attached to an aromatic ring is 1. The fourth-order valence-corrected chi connectivity index (χ4v) is 2.61. The number of nitrogens with two attached hydrogens (primary N) is 1. The van der Waals surface area contributed by atoms with Gasteiger partial charge in [-0.15, -0.1) is 0 Å². The number of nitrogens with zero attached hydrogens (tertiary/aromatic N) is 1. The fourth-order valence-electron chi connectivity index (χ4n) is 1.97. The molecule has 5 heteroatoms. The second-order valence-corrected chi connectivity index (χ2v) is 5.57. The van der Waals surface area contributed by atoms with Crippen LogP contribution in [0.4, 0.5) is 5.13 Å². The molecule has 1 heterocycles. The molecule has 3 rings (SSSR count). The highest BCUT2D eigenvalue weighted by Gasteiger charge is 2.02. The lowest BCUT2D eigenvalue weighted by molar-refractivity contribution is 0.309. The summed E-state index contributed by atoms with van der Waals surface area (Å²) >= 11 is 1.48. The van der Waals surface area contributed by atoms with E-state index < -0.39 is 0 Å². The standard InChI is InChI=1S/C16H15N3OS/c17-19-16-18-10-15(21-16)11-20-14-8-6-13(7-9-14)12-4-2-1-3-5-12/h1-10H,11,17H2,(H,18,19). The van der Waals surface area contributed by atoms with Gasteiger partial charge in [-0.3, -0.25) is 5.43 Å². The number of anilines is 1. The first-order valence-corrected chi connectivity index (χ1v) is 7.36. The lowest BCUT2D eigenvalue weighted by atomic mass is 10.1. The lowest BCUT2D eigenvalue weighted by Gasteiger charge is -2.06. The summed E-state index contributed by atoms with van der Waals surface area (Å²) < 4.78 is 5.74. The van der Waals surface area contributed by atoms with Gasteiger partial charge in [-0.05, 0) is 23.3 Å². The van der Waals surface area contributed by atoms with Crippen LogP contribution in [0.3, 0.4) is 0 Å². The van der Waals surface area contributed by atoms with E-state index in [4.69, 9.17) is 10.6 Å². The highest BCUT2D eigenvalue weighted by molar-refractivity contribution is 7.15. The molecule has 21 heavy (non-hydrogen) atoms. The van der Waals surface area contributed by atoms with Crippen molar-refractivity contribution in [3.8, 4) is 16.9 Å². The van der Waals surface area contributed by atoms with Gasteiger partial charge < -0.3 is 4.74 Å². The summed E-state index contributed by atoms with van der Waals surface area (Å²) in [5.41, 5.74) is 4.90. The number of nitrogens with one attached hydrogen (secondary N) is 1.